The van der Waals surface area contributed by atoms with Gasteiger partial charge in [-0.2, -0.15) is 5.10 Å². The topological polar surface area (TPSA) is 50.2 Å². The Balaban J connectivity index is 2.19. The van der Waals surface area contributed by atoms with Crippen LogP contribution in [0.4, 0.5) is 5.69 Å². The minimum absolute atomic E-state index is 0.0751. The second-order valence-electron chi connectivity index (χ2n) is 5.41. The van der Waals surface area contributed by atoms with Gasteiger partial charge < -0.3 is 10.2 Å². The molecule has 0 atom stereocenters. The van der Waals surface area contributed by atoms with E-state index >= 15 is 0 Å². The van der Waals surface area contributed by atoms with Crippen molar-refractivity contribution in [3.8, 4) is 0 Å². The van der Waals surface area contributed by atoms with Crippen LogP contribution >= 0.6 is 15.9 Å². The molecule has 0 amide bonds. The highest BCUT2D eigenvalue weighted by Gasteiger charge is 2.20. The summed E-state index contributed by atoms with van der Waals surface area (Å²) in [5, 5.41) is 7.55. The molecule has 5 nitrogen and oxygen atoms in total. The molecule has 1 aromatic rings. The van der Waals surface area contributed by atoms with Crippen LogP contribution in [-0.2, 0) is 7.05 Å². The van der Waals surface area contributed by atoms with Gasteiger partial charge in [-0.25, -0.2) is 4.68 Å². The summed E-state index contributed by atoms with van der Waals surface area (Å²) >= 11 is 3.44. The van der Waals surface area contributed by atoms with Crippen LogP contribution in [-0.4, -0.2) is 36.0 Å². The fourth-order valence-corrected chi connectivity index (χ4v) is 3.29. The average molecular weight is 343 g/mol. The van der Waals surface area contributed by atoms with E-state index in [1.165, 1.54) is 17.5 Å². The quantitative estimate of drug-likeness (QED) is 0.885. The molecule has 0 unspecified atom stereocenters. The molecule has 0 radical (unpaired) electrons. The lowest BCUT2D eigenvalue weighted by atomic mass is 9.97. The van der Waals surface area contributed by atoms with Gasteiger partial charge in [-0.15, -0.1) is 0 Å². The first-order valence-electron chi connectivity index (χ1n) is 7.31. The van der Waals surface area contributed by atoms with Crippen molar-refractivity contribution in [1.29, 1.82) is 0 Å². The van der Waals surface area contributed by atoms with E-state index in [9.17, 15) is 4.79 Å². The van der Waals surface area contributed by atoms with Crippen molar-refractivity contribution in [1.82, 2.24) is 15.1 Å². The van der Waals surface area contributed by atoms with E-state index in [1.807, 2.05) is 0 Å². The lowest BCUT2D eigenvalue weighted by molar-refractivity contribution is 0.373. The molecule has 0 bridgehead atoms. The molecule has 1 N–H and O–H groups in total. The molecule has 1 aliphatic heterocycles. The normalized spacial score (nSPS) is 16.4. The number of aromatic nitrogens is 2. The summed E-state index contributed by atoms with van der Waals surface area (Å²) in [4.78, 5) is 14.3. The lowest BCUT2D eigenvalue weighted by Crippen LogP contribution is -2.37. The summed E-state index contributed by atoms with van der Waals surface area (Å²) in [5.41, 5.74) is 0.849. The Morgan fingerprint density at radius 1 is 1.50 bits per heavy atom. The molecule has 1 saturated heterocycles. The van der Waals surface area contributed by atoms with Gasteiger partial charge in [0.1, 0.15) is 4.47 Å². The minimum Gasteiger partial charge on any atom is -0.369 e. The molecule has 2 rings (SSSR count). The zero-order valence-electron chi connectivity index (χ0n) is 12.2. The van der Waals surface area contributed by atoms with Crippen molar-refractivity contribution < 1.29 is 0 Å². The maximum Gasteiger partial charge on any atom is 0.282 e. The van der Waals surface area contributed by atoms with Crippen molar-refractivity contribution in [2.24, 2.45) is 13.0 Å². The SMILES string of the molecule is CCCN(CC1CCNCC1)c1cnn(C)c(=O)c1Br. The third kappa shape index (κ3) is 3.61. The van der Waals surface area contributed by atoms with E-state index in [0.717, 1.165) is 38.3 Å². The van der Waals surface area contributed by atoms with Crippen LogP contribution in [0.1, 0.15) is 26.2 Å². The molecule has 0 saturated carbocycles. The van der Waals surface area contributed by atoms with Crippen molar-refractivity contribution in [3.63, 3.8) is 0 Å². The maximum atomic E-state index is 12.0. The molecular weight excluding hydrogens is 320 g/mol. The van der Waals surface area contributed by atoms with Crippen LogP contribution in [0.2, 0.25) is 0 Å². The number of nitrogens with one attached hydrogen (secondary N) is 1. The van der Waals surface area contributed by atoms with E-state index in [1.54, 1.807) is 13.2 Å². The van der Waals surface area contributed by atoms with Crippen LogP contribution in [0.15, 0.2) is 15.5 Å². The highest BCUT2D eigenvalue weighted by Crippen LogP contribution is 2.24. The molecule has 1 aromatic heterocycles. The zero-order valence-corrected chi connectivity index (χ0v) is 13.8. The minimum atomic E-state index is -0.0751. The van der Waals surface area contributed by atoms with Gasteiger partial charge in [0.05, 0.1) is 11.9 Å². The first-order valence-corrected chi connectivity index (χ1v) is 8.10. The number of hydrogen-bond acceptors (Lipinski definition) is 4. The van der Waals surface area contributed by atoms with Gasteiger partial charge in [-0.1, -0.05) is 6.92 Å². The summed E-state index contributed by atoms with van der Waals surface area (Å²) in [6.45, 7) is 6.32. The highest BCUT2D eigenvalue weighted by molar-refractivity contribution is 9.10. The Hall–Kier alpha value is -0.880. The maximum absolute atomic E-state index is 12.0. The van der Waals surface area contributed by atoms with Crippen LogP contribution in [0.5, 0.6) is 0 Å². The number of piperidine rings is 1. The third-order valence-corrected chi connectivity index (χ3v) is 4.58. The monoisotopic (exact) mass is 342 g/mol. The van der Waals surface area contributed by atoms with Crippen molar-refractivity contribution in [2.45, 2.75) is 26.2 Å². The number of hydrogen-bond donors (Lipinski definition) is 1. The molecule has 2 heterocycles. The predicted molar refractivity (Wildman–Crippen MR) is 85.3 cm³/mol. The van der Waals surface area contributed by atoms with Crippen LogP contribution < -0.4 is 15.8 Å². The van der Waals surface area contributed by atoms with Gasteiger partial charge in [0.2, 0.25) is 0 Å². The van der Waals surface area contributed by atoms with Crippen molar-refractivity contribution in [2.75, 3.05) is 31.1 Å². The van der Waals surface area contributed by atoms with Crippen LogP contribution in [0.25, 0.3) is 0 Å². The van der Waals surface area contributed by atoms with Crippen LogP contribution in [0.3, 0.4) is 0 Å². The number of halogens is 1. The number of nitrogens with zero attached hydrogens (tertiary/aromatic N) is 3. The number of anilines is 1. The van der Waals surface area contributed by atoms with Crippen molar-refractivity contribution >= 4 is 21.6 Å². The second-order valence-corrected chi connectivity index (χ2v) is 6.20. The number of rotatable bonds is 5. The molecule has 112 valence electrons. The Morgan fingerprint density at radius 2 is 2.20 bits per heavy atom. The molecule has 20 heavy (non-hydrogen) atoms. The molecular formula is C14H23BrN4O. The summed E-state index contributed by atoms with van der Waals surface area (Å²) in [6, 6.07) is 0. The van der Waals surface area contributed by atoms with Crippen LogP contribution in [0, 0.1) is 5.92 Å². The van der Waals surface area contributed by atoms with E-state index in [-0.39, 0.29) is 5.56 Å². The zero-order chi connectivity index (χ0) is 14.5. The lowest BCUT2D eigenvalue weighted by Gasteiger charge is -2.31. The summed E-state index contributed by atoms with van der Waals surface area (Å²) in [6.07, 6.45) is 5.26. The van der Waals surface area contributed by atoms with Gasteiger partial charge >= 0.3 is 0 Å². The molecule has 1 aliphatic rings. The predicted octanol–water partition coefficient (Wildman–Crippen LogP) is 1.76. The fourth-order valence-electron chi connectivity index (χ4n) is 2.68. The smallest absolute Gasteiger partial charge is 0.282 e. The van der Waals surface area contributed by atoms with E-state index < -0.39 is 0 Å². The average Bonchev–Trinajstić information content (AvgIpc) is 2.46. The largest absolute Gasteiger partial charge is 0.369 e. The molecule has 0 aromatic carbocycles. The van der Waals surface area contributed by atoms with Gasteiger partial charge in [-0.3, -0.25) is 4.79 Å². The number of aryl methyl sites for hydroxylation is 1. The van der Waals surface area contributed by atoms with Gasteiger partial charge in [0.15, 0.2) is 0 Å². The summed E-state index contributed by atoms with van der Waals surface area (Å²) in [5.74, 6) is 0.693. The highest BCUT2D eigenvalue weighted by atomic mass is 79.9. The van der Waals surface area contributed by atoms with Gasteiger partial charge in [0.25, 0.3) is 5.56 Å². The van der Waals surface area contributed by atoms with E-state index in [0.29, 0.717) is 10.4 Å². The van der Waals surface area contributed by atoms with Gasteiger partial charge in [-0.05, 0) is 54.2 Å². The summed E-state index contributed by atoms with van der Waals surface area (Å²) < 4.78 is 1.99. The van der Waals surface area contributed by atoms with E-state index in [4.69, 9.17) is 0 Å². The first-order chi connectivity index (χ1) is 9.63. The Morgan fingerprint density at radius 3 is 2.85 bits per heavy atom. The Kier molecular flexibility index (Phi) is 5.60. The standard InChI is InChI=1S/C14H23BrN4O/c1-3-8-19(10-11-4-6-16-7-5-11)12-9-17-18(2)14(20)13(12)15/h9,11,16H,3-8,10H2,1-2H3. The van der Waals surface area contributed by atoms with E-state index in [2.05, 4.69) is 38.2 Å². The Bertz CT molecular complexity index is 496. The third-order valence-electron chi connectivity index (χ3n) is 3.83. The molecule has 0 spiro atoms. The van der Waals surface area contributed by atoms with Crippen molar-refractivity contribution in [3.05, 3.63) is 21.0 Å². The molecule has 6 heteroatoms. The fraction of sp³-hybridized carbons (Fsp3) is 0.714. The first kappa shape index (κ1) is 15.5. The second kappa shape index (κ2) is 7.22. The van der Waals surface area contributed by atoms with Gasteiger partial charge in [0, 0.05) is 20.1 Å². The Labute approximate surface area is 128 Å². The molecule has 1 fully saturated rings. The summed E-state index contributed by atoms with van der Waals surface area (Å²) in [7, 11) is 1.67. The molecule has 0 aliphatic carbocycles.